The van der Waals surface area contributed by atoms with E-state index in [4.69, 9.17) is 10.5 Å². The third-order valence-electron chi connectivity index (χ3n) is 4.89. The van der Waals surface area contributed by atoms with Crippen LogP contribution in [-0.2, 0) is 20.7 Å². The minimum atomic E-state index is -0.544. The van der Waals surface area contributed by atoms with E-state index in [2.05, 4.69) is 4.98 Å². The number of nitrogen functional groups attached to an aromatic ring is 1. The van der Waals surface area contributed by atoms with Gasteiger partial charge < -0.3 is 20.3 Å². The standard InChI is InChI=1S/C14H18N4O3S/c15-13-16-9(8-22-13)1-2-11(19)17-4-3-14-10(17)7-12(20)18(14)5-6-21-14/h8,10H,1-7H2,(H2,15,16)/t10-,14+/m1/s1. The number of hydrogen-bond donors (Lipinski definition) is 1. The molecular formula is C14H18N4O3S. The number of carbonyl (C=O) groups excluding carboxylic acids is 2. The van der Waals surface area contributed by atoms with Crippen LogP contribution in [0.5, 0.6) is 0 Å². The number of ether oxygens (including phenoxy) is 1. The summed E-state index contributed by atoms with van der Waals surface area (Å²) in [7, 11) is 0. The molecule has 0 saturated carbocycles. The number of carbonyl (C=O) groups is 2. The summed E-state index contributed by atoms with van der Waals surface area (Å²) in [6.45, 7) is 1.88. The van der Waals surface area contributed by atoms with Gasteiger partial charge in [0.15, 0.2) is 10.9 Å². The van der Waals surface area contributed by atoms with Gasteiger partial charge in [-0.1, -0.05) is 0 Å². The van der Waals surface area contributed by atoms with E-state index in [0.717, 1.165) is 12.1 Å². The first-order valence-electron chi connectivity index (χ1n) is 7.54. The number of rotatable bonds is 3. The Hall–Kier alpha value is -1.67. The lowest BCUT2D eigenvalue weighted by molar-refractivity contribution is -0.139. The van der Waals surface area contributed by atoms with Crippen molar-refractivity contribution in [1.29, 1.82) is 0 Å². The van der Waals surface area contributed by atoms with Gasteiger partial charge in [-0.05, 0) is 6.42 Å². The Kier molecular flexibility index (Phi) is 3.12. The maximum absolute atomic E-state index is 12.5. The maximum Gasteiger partial charge on any atom is 0.227 e. The van der Waals surface area contributed by atoms with E-state index in [1.807, 2.05) is 15.2 Å². The predicted molar refractivity (Wildman–Crippen MR) is 80.0 cm³/mol. The van der Waals surface area contributed by atoms with Crippen molar-refractivity contribution in [3.8, 4) is 0 Å². The molecule has 0 aromatic carbocycles. The normalized spacial score (nSPS) is 30.0. The fraction of sp³-hybridized carbons (Fsp3) is 0.643. The Balaban J connectivity index is 1.45. The fourth-order valence-electron chi connectivity index (χ4n) is 3.91. The third kappa shape index (κ3) is 1.94. The molecule has 1 spiro atoms. The Morgan fingerprint density at radius 3 is 3.18 bits per heavy atom. The van der Waals surface area contributed by atoms with Gasteiger partial charge in [0, 0.05) is 31.3 Å². The maximum atomic E-state index is 12.5. The van der Waals surface area contributed by atoms with Crippen molar-refractivity contribution in [1.82, 2.24) is 14.8 Å². The van der Waals surface area contributed by atoms with Gasteiger partial charge in [0.2, 0.25) is 11.8 Å². The van der Waals surface area contributed by atoms with Crippen LogP contribution in [0.15, 0.2) is 5.38 Å². The molecular weight excluding hydrogens is 304 g/mol. The molecule has 4 heterocycles. The van der Waals surface area contributed by atoms with Gasteiger partial charge in [0.05, 0.1) is 24.8 Å². The summed E-state index contributed by atoms with van der Waals surface area (Å²) in [6, 6.07) is -0.129. The summed E-state index contributed by atoms with van der Waals surface area (Å²) in [5, 5.41) is 2.41. The number of hydrogen-bond acceptors (Lipinski definition) is 6. The van der Waals surface area contributed by atoms with Crippen molar-refractivity contribution >= 4 is 28.3 Å². The lowest BCUT2D eigenvalue weighted by atomic mass is 10.1. The molecule has 4 rings (SSSR count). The number of anilines is 1. The second-order valence-corrected chi connectivity index (χ2v) is 6.86. The molecule has 1 aromatic rings. The molecule has 3 fully saturated rings. The molecule has 0 bridgehead atoms. The third-order valence-corrected chi connectivity index (χ3v) is 5.61. The first kappa shape index (κ1) is 14.0. The number of aryl methyl sites for hydroxylation is 1. The van der Waals surface area contributed by atoms with Gasteiger partial charge >= 0.3 is 0 Å². The number of likely N-dealkylation sites (tertiary alicyclic amines) is 1. The van der Waals surface area contributed by atoms with E-state index in [1.54, 1.807) is 0 Å². The number of nitrogens with zero attached hydrogens (tertiary/aromatic N) is 3. The van der Waals surface area contributed by atoms with Crippen molar-refractivity contribution in [2.45, 2.75) is 37.5 Å². The lowest BCUT2D eigenvalue weighted by Crippen LogP contribution is -2.48. The van der Waals surface area contributed by atoms with E-state index >= 15 is 0 Å². The summed E-state index contributed by atoms with van der Waals surface area (Å²) in [4.78, 5) is 32.5. The van der Waals surface area contributed by atoms with Gasteiger partial charge in [0.1, 0.15) is 0 Å². The molecule has 3 aliphatic rings. The largest absolute Gasteiger partial charge is 0.375 e. The summed E-state index contributed by atoms with van der Waals surface area (Å²) in [5.41, 5.74) is 5.91. The molecule has 118 valence electrons. The zero-order valence-corrected chi connectivity index (χ0v) is 13.0. The van der Waals surface area contributed by atoms with Gasteiger partial charge in [-0.15, -0.1) is 11.3 Å². The molecule has 2 atom stereocenters. The first-order valence-corrected chi connectivity index (χ1v) is 8.42. The molecule has 8 heteroatoms. The molecule has 2 amide bonds. The van der Waals surface area contributed by atoms with Crippen LogP contribution in [0.4, 0.5) is 5.13 Å². The second-order valence-electron chi connectivity index (χ2n) is 5.97. The zero-order valence-electron chi connectivity index (χ0n) is 12.2. The molecule has 1 aromatic heterocycles. The second kappa shape index (κ2) is 4.92. The molecule has 3 aliphatic heterocycles. The van der Waals surface area contributed by atoms with Crippen LogP contribution in [-0.4, -0.2) is 58.1 Å². The quantitative estimate of drug-likeness (QED) is 0.860. The molecule has 3 saturated heterocycles. The van der Waals surface area contributed by atoms with Crippen LogP contribution in [0.25, 0.3) is 0 Å². The molecule has 0 unspecified atom stereocenters. The highest BCUT2D eigenvalue weighted by Gasteiger charge is 2.62. The number of aromatic nitrogens is 1. The van der Waals surface area contributed by atoms with Crippen molar-refractivity contribution in [3.63, 3.8) is 0 Å². The smallest absolute Gasteiger partial charge is 0.227 e. The number of nitrogens with two attached hydrogens (primary N) is 1. The van der Waals surface area contributed by atoms with Gasteiger partial charge in [-0.25, -0.2) is 4.98 Å². The Morgan fingerprint density at radius 1 is 1.55 bits per heavy atom. The summed E-state index contributed by atoms with van der Waals surface area (Å²) >= 11 is 1.39. The van der Waals surface area contributed by atoms with E-state index in [-0.39, 0.29) is 17.9 Å². The molecule has 22 heavy (non-hydrogen) atoms. The molecule has 0 radical (unpaired) electrons. The van der Waals surface area contributed by atoms with E-state index < -0.39 is 5.72 Å². The lowest BCUT2D eigenvalue weighted by Gasteiger charge is -2.31. The van der Waals surface area contributed by atoms with Crippen LogP contribution >= 0.6 is 11.3 Å². The predicted octanol–water partition coefficient (Wildman–Crippen LogP) is 0.218. The highest BCUT2D eigenvalue weighted by Crippen LogP contribution is 2.45. The highest BCUT2D eigenvalue weighted by molar-refractivity contribution is 7.13. The summed E-state index contributed by atoms with van der Waals surface area (Å²) in [5.74, 6) is 0.172. The Morgan fingerprint density at radius 2 is 2.41 bits per heavy atom. The van der Waals surface area contributed by atoms with Crippen LogP contribution in [0.2, 0.25) is 0 Å². The average molecular weight is 322 g/mol. The van der Waals surface area contributed by atoms with Gasteiger partial charge in [-0.3, -0.25) is 9.59 Å². The fourth-order valence-corrected chi connectivity index (χ4v) is 4.50. The van der Waals surface area contributed by atoms with E-state index in [0.29, 0.717) is 44.1 Å². The SMILES string of the molecule is Nc1nc(CCC(=O)N2CC[C@@]34OCCN3C(=O)C[C@@H]24)cs1. The van der Waals surface area contributed by atoms with Crippen LogP contribution < -0.4 is 5.73 Å². The highest BCUT2D eigenvalue weighted by atomic mass is 32.1. The Labute approximate surface area is 132 Å². The van der Waals surface area contributed by atoms with Crippen molar-refractivity contribution in [2.24, 2.45) is 0 Å². The van der Waals surface area contributed by atoms with Crippen LogP contribution in [0.3, 0.4) is 0 Å². The van der Waals surface area contributed by atoms with Crippen LogP contribution in [0.1, 0.15) is 25.0 Å². The van der Waals surface area contributed by atoms with Gasteiger partial charge in [-0.2, -0.15) is 0 Å². The molecule has 2 N–H and O–H groups in total. The van der Waals surface area contributed by atoms with E-state index in [1.165, 1.54) is 11.3 Å². The number of amides is 2. The monoisotopic (exact) mass is 322 g/mol. The van der Waals surface area contributed by atoms with Crippen molar-refractivity contribution in [2.75, 3.05) is 25.4 Å². The average Bonchev–Trinajstić information content (AvgIpc) is 3.21. The van der Waals surface area contributed by atoms with Gasteiger partial charge in [0.25, 0.3) is 0 Å². The minimum absolute atomic E-state index is 0.0681. The number of thiazole rings is 1. The van der Waals surface area contributed by atoms with Crippen LogP contribution in [0, 0.1) is 0 Å². The first-order chi connectivity index (χ1) is 10.6. The topological polar surface area (TPSA) is 88.8 Å². The van der Waals surface area contributed by atoms with Crippen molar-refractivity contribution < 1.29 is 14.3 Å². The van der Waals surface area contributed by atoms with E-state index in [9.17, 15) is 9.59 Å². The zero-order chi connectivity index (χ0) is 15.3. The Bertz CT molecular complexity index is 633. The summed E-state index contributed by atoms with van der Waals surface area (Å²) < 4.78 is 5.89. The van der Waals surface area contributed by atoms with Crippen molar-refractivity contribution in [3.05, 3.63) is 11.1 Å². The molecule has 7 nitrogen and oxygen atoms in total. The summed E-state index contributed by atoms with van der Waals surface area (Å²) in [6.07, 6.45) is 2.08. The molecule has 0 aliphatic carbocycles. The minimum Gasteiger partial charge on any atom is -0.375 e.